The molecule has 0 saturated carbocycles. The zero-order valence-corrected chi connectivity index (χ0v) is 14.6. The molecule has 0 aliphatic rings. The average Bonchev–Trinajstić information content (AvgIpc) is 2.53. The first kappa shape index (κ1) is 17.5. The Morgan fingerprint density at radius 2 is 1.70 bits per heavy atom. The van der Waals surface area contributed by atoms with Gasteiger partial charge < -0.3 is 4.90 Å². The molecule has 1 amide bonds. The van der Waals surface area contributed by atoms with Gasteiger partial charge in [0.15, 0.2) is 9.84 Å². The summed E-state index contributed by atoms with van der Waals surface area (Å²) in [5.74, 6) is -0.160. The third kappa shape index (κ3) is 4.33. The molecule has 23 heavy (non-hydrogen) atoms. The SMILES string of the molecule is CCN(Cc1ccccc1Cl)C(=O)c1ccc(S(C)(=O)=O)cc1. The van der Waals surface area contributed by atoms with Crippen LogP contribution in [-0.4, -0.2) is 32.0 Å². The van der Waals surface area contributed by atoms with Crippen molar-refractivity contribution in [1.82, 2.24) is 4.90 Å². The fourth-order valence-electron chi connectivity index (χ4n) is 2.19. The lowest BCUT2D eigenvalue weighted by atomic mass is 10.1. The van der Waals surface area contributed by atoms with Gasteiger partial charge in [0.2, 0.25) is 0 Å². The Balaban J connectivity index is 2.21. The van der Waals surface area contributed by atoms with E-state index in [-0.39, 0.29) is 10.8 Å². The predicted molar refractivity (Wildman–Crippen MR) is 91.4 cm³/mol. The number of rotatable bonds is 5. The summed E-state index contributed by atoms with van der Waals surface area (Å²) < 4.78 is 22.9. The highest BCUT2D eigenvalue weighted by Gasteiger charge is 2.16. The molecule has 0 spiro atoms. The van der Waals surface area contributed by atoms with Crippen molar-refractivity contribution >= 4 is 27.3 Å². The molecule has 0 N–H and O–H groups in total. The van der Waals surface area contributed by atoms with E-state index in [0.29, 0.717) is 23.7 Å². The van der Waals surface area contributed by atoms with Crippen LogP contribution in [0.25, 0.3) is 0 Å². The Hall–Kier alpha value is -1.85. The standard InChI is InChI=1S/C17H18ClNO3S/c1-3-19(12-14-6-4-5-7-16(14)18)17(20)13-8-10-15(11-9-13)23(2,21)22/h4-11H,3,12H2,1-2H3. The van der Waals surface area contributed by atoms with Crippen molar-refractivity contribution in [3.8, 4) is 0 Å². The number of hydrogen-bond donors (Lipinski definition) is 0. The van der Waals surface area contributed by atoms with Crippen LogP contribution >= 0.6 is 11.6 Å². The van der Waals surface area contributed by atoms with E-state index in [1.165, 1.54) is 24.3 Å². The lowest BCUT2D eigenvalue weighted by Gasteiger charge is -2.21. The highest BCUT2D eigenvalue weighted by molar-refractivity contribution is 7.90. The maximum atomic E-state index is 12.6. The van der Waals surface area contributed by atoms with Crippen LogP contribution in [0.4, 0.5) is 0 Å². The first-order valence-corrected chi connectivity index (χ1v) is 9.42. The second kappa shape index (κ2) is 7.15. The molecule has 4 nitrogen and oxygen atoms in total. The summed E-state index contributed by atoms with van der Waals surface area (Å²) in [5.41, 5.74) is 1.32. The Morgan fingerprint density at radius 1 is 1.09 bits per heavy atom. The van der Waals surface area contributed by atoms with Gasteiger partial charge in [0.25, 0.3) is 5.91 Å². The Labute approximate surface area is 141 Å². The zero-order valence-electron chi connectivity index (χ0n) is 13.0. The van der Waals surface area contributed by atoms with Gasteiger partial charge in [-0.3, -0.25) is 4.79 Å². The van der Waals surface area contributed by atoms with E-state index >= 15 is 0 Å². The molecule has 0 aromatic heterocycles. The number of nitrogens with zero attached hydrogens (tertiary/aromatic N) is 1. The molecule has 0 unspecified atom stereocenters. The quantitative estimate of drug-likeness (QED) is 0.829. The molecule has 6 heteroatoms. The molecule has 2 rings (SSSR count). The van der Waals surface area contributed by atoms with Gasteiger partial charge in [-0.2, -0.15) is 0 Å². The molecule has 122 valence electrons. The molecular weight excluding hydrogens is 334 g/mol. The fraction of sp³-hybridized carbons (Fsp3) is 0.235. The van der Waals surface area contributed by atoms with Crippen LogP contribution in [0.2, 0.25) is 5.02 Å². The smallest absolute Gasteiger partial charge is 0.254 e. The average molecular weight is 352 g/mol. The number of sulfone groups is 1. The van der Waals surface area contributed by atoms with E-state index in [1.807, 2.05) is 25.1 Å². The first-order chi connectivity index (χ1) is 10.8. The predicted octanol–water partition coefficient (Wildman–Crippen LogP) is 3.41. The maximum absolute atomic E-state index is 12.6. The van der Waals surface area contributed by atoms with Crippen LogP contribution in [0.1, 0.15) is 22.8 Å². The van der Waals surface area contributed by atoms with Crippen LogP contribution in [0.5, 0.6) is 0 Å². The Morgan fingerprint density at radius 3 is 2.22 bits per heavy atom. The van der Waals surface area contributed by atoms with Gasteiger partial charge >= 0.3 is 0 Å². The second-order valence-corrected chi connectivity index (χ2v) is 7.63. The Bertz CT molecular complexity index is 801. The molecule has 0 bridgehead atoms. The van der Waals surface area contributed by atoms with E-state index in [4.69, 9.17) is 11.6 Å². The van der Waals surface area contributed by atoms with Gasteiger partial charge in [-0.15, -0.1) is 0 Å². The molecule has 2 aromatic rings. The minimum atomic E-state index is -3.27. The van der Waals surface area contributed by atoms with Crippen molar-refractivity contribution in [2.24, 2.45) is 0 Å². The number of hydrogen-bond acceptors (Lipinski definition) is 3. The van der Waals surface area contributed by atoms with E-state index in [9.17, 15) is 13.2 Å². The number of halogens is 1. The minimum absolute atomic E-state index is 0.160. The van der Waals surface area contributed by atoms with Gasteiger partial charge in [0.1, 0.15) is 0 Å². The van der Waals surface area contributed by atoms with Crippen molar-refractivity contribution < 1.29 is 13.2 Å². The minimum Gasteiger partial charge on any atom is -0.335 e. The van der Waals surface area contributed by atoms with E-state index < -0.39 is 9.84 Å². The third-order valence-corrected chi connectivity index (χ3v) is 5.01. The van der Waals surface area contributed by atoms with Gasteiger partial charge in [-0.1, -0.05) is 29.8 Å². The highest BCUT2D eigenvalue weighted by atomic mass is 35.5. The molecule has 2 aromatic carbocycles. The third-order valence-electron chi connectivity index (χ3n) is 3.52. The van der Waals surface area contributed by atoms with Crippen molar-refractivity contribution in [2.75, 3.05) is 12.8 Å². The molecule has 0 atom stereocenters. The molecule has 0 radical (unpaired) electrons. The van der Waals surface area contributed by atoms with Crippen molar-refractivity contribution in [3.63, 3.8) is 0 Å². The van der Waals surface area contributed by atoms with Crippen LogP contribution in [0.15, 0.2) is 53.4 Å². The summed E-state index contributed by atoms with van der Waals surface area (Å²) in [5, 5.41) is 0.617. The summed E-state index contributed by atoms with van der Waals surface area (Å²) in [6, 6.07) is 13.4. The summed E-state index contributed by atoms with van der Waals surface area (Å²) >= 11 is 6.14. The van der Waals surface area contributed by atoms with E-state index in [0.717, 1.165) is 11.8 Å². The molecule has 0 aliphatic heterocycles. The molecule has 0 aliphatic carbocycles. The first-order valence-electron chi connectivity index (χ1n) is 7.15. The number of carbonyl (C=O) groups excluding carboxylic acids is 1. The summed E-state index contributed by atoms with van der Waals surface area (Å²) in [6.45, 7) is 2.82. The number of benzene rings is 2. The number of amides is 1. The van der Waals surface area contributed by atoms with Gasteiger partial charge in [-0.25, -0.2) is 8.42 Å². The van der Waals surface area contributed by atoms with Crippen LogP contribution in [-0.2, 0) is 16.4 Å². The van der Waals surface area contributed by atoms with Gasteiger partial charge in [0.05, 0.1) is 4.90 Å². The van der Waals surface area contributed by atoms with Crippen molar-refractivity contribution in [1.29, 1.82) is 0 Å². The van der Waals surface area contributed by atoms with Crippen LogP contribution in [0.3, 0.4) is 0 Å². The molecular formula is C17H18ClNO3S. The zero-order chi connectivity index (χ0) is 17.0. The lowest BCUT2D eigenvalue weighted by Crippen LogP contribution is -2.30. The van der Waals surface area contributed by atoms with E-state index in [2.05, 4.69) is 0 Å². The van der Waals surface area contributed by atoms with E-state index in [1.54, 1.807) is 11.0 Å². The molecule has 0 saturated heterocycles. The normalized spacial score (nSPS) is 11.3. The van der Waals surface area contributed by atoms with Crippen molar-refractivity contribution in [2.45, 2.75) is 18.4 Å². The topological polar surface area (TPSA) is 54.5 Å². The summed E-state index contributed by atoms with van der Waals surface area (Å²) in [4.78, 5) is 14.4. The summed E-state index contributed by atoms with van der Waals surface area (Å²) in [7, 11) is -3.27. The Kier molecular flexibility index (Phi) is 5.44. The van der Waals surface area contributed by atoms with Crippen LogP contribution in [0, 0.1) is 0 Å². The number of carbonyl (C=O) groups is 1. The van der Waals surface area contributed by atoms with Gasteiger partial charge in [0, 0.05) is 29.9 Å². The van der Waals surface area contributed by atoms with Crippen LogP contribution < -0.4 is 0 Å². The van der Waals surface area contributed by atoms with Gasteiger partial charge in [-0.05, 0) is 42.8 Å². The lowest BCUT2D eigenvalue weighted by molar-refractivity contribution is 0.0752. The fourth-order valence-corrected chi connectivity index (χ4v) is 3.01. The highest BCUT2D eigenvalue weighted by Crippen LogP contribution is 2.19. The maximum Gasteiger partial charge on any atom is 0.254 e. The molecule has 0 heterocycles. The summed E-state index contributed by atoms with van der Waals surface area (Å²) in [6.07, 6.45) is 1.14. The largest absolute Gasteiger partial charge is 0.335 e. The second-order valence-electron chi connectivity index (χ2n) is 5.21. The molecule has 0 fully saturated rings. The van der Waals surface area contributed by atoms with Crippen molar-refractivity contribution in [3.05, 3.63) is 64.7 Å². The monoisotopic (exact) mass is 351 g/mol.